The Morgan fingerprint density at radius 2 is 1.92 bits per heavy atom. The normalized spacial score (nSPS) is 15.3. The van der Waals surface area contributed by atoms with Crippen molar-refractivity contribution in [1.82, 2.24) is 18.8 Å². The highest BCUT2D eigenvalue weighted by molar-refractivity contribution is 7.89. The van der Waals surface area contributed by atoms with Gasteiger partial charge in [-0.3, -0.25) is 4.79 Å². The summed E-state index contributed by atoms with van der Waals surface area (Å²) < 4.78 is 27.9. The summed E-state index contributed by atoms with van der Waals surface area (Å²) in [6.45, 7) is 4.46. The lowest BCUT2D eigenvalue weighted by atomic mass is 10.2. The number of sulfonamides is 1. The van der Waals surface area contributed by atoms with Gasteiger partial charge in [-0.1, -0.05) is 0 Å². The summed E-state index contributed by atoms with van der Waals surface area (Å²) in [6.07, 6.45) is 3.17. The van der Waals surface area contributed by atoms with E-state index in [0.717, 1.165) is 43.8 Å². The van der Waals surface area contributed by atoms with Crippen LogP contribution in [0.3, 0.4) is 0 Å². The number of likely N-dealkylation sites (tertiary alicyclic amines) is 1. The highest BCUT2D eigenvalue weighted by Crippen LogP contribution is 2.23. The van der Waals surface area contributed by atoms with Gasteiger partial charge >= 0.3 is 0 Å². The molecule has 7 nitrogen and oxygen atoms in total. The lowest BCUT2D eigenvalue weighted by Crippen LogP contribution is -2.28. The molecule has 26 heavy (non-hydrogen) atoms. The average molecular weight is 378 g/mol. The van der Waals surface area contributed by atoms with Crippen LogP contribution in [0.1, 0.15) is 32.0 Å². The van der Waals surface area contributed by atoms with E-state index >= 15 is 0 Å². The van der Waals surface area contributed by atoms with Crippen molar-refractivity contribution in [2.75, 3.05) is 27.2 Å². The number of hydrogen-bond acceptors (Lipinski definition) is 4. The largest absolute Gasteiger partial charge is 0.343 e. The maximum atomic E-state index is 12.3. The van der Waals surface area contributed by atoms with Gasteiger partial charge in [0, 0.05) is 46.6 Å². The molecule has 2 heterocycles. The van der Waals surface area contributed by atoms with E-state index in [0.29, 0.717) is 18.4 Å². The van der Waals surface area contributed by atoms with E-state index in [1.54, 1.807) is 18.2 Å². The quantitative estimate of drug-likeness (QED) is 0.769. The molecule has 0 aliphatic carbocycles. The molecule has 1 fully saturated rings. The molecule has 3 rings (SSSR count). The van der Waals surface area contributed by atoms with E-state index in [1.165, 1.54) is 18.4 Å². The molecule has 0 radical (unpaired) electrons. The number of aryl methyl sites for hydroxylation is 2. The smallest absolute Gasteiger partial charge is 0.242 e. The van der Waals surface area contributed by atoms with Crippen molar-refractivity contribution in [1.29, 1.82) is 0 Å². The molecule has 0 spiro atoms. The molecule has 0 atom stereocenters. The molecule has 2 aromatic rings. The van der Waals surface area contributed by atoms with Crippen LogP contribution in [-0.2, 0) is 27.8 Å². The van der Waals surface area contributed by atoms with Crippen LogP contribution in [0.25, 0.3) is 11.0 Å². The van der Waals surface area contributed by atoms with Crippen LogP contribution in [0.15, 0.2) is 23.1 Å². The minimum Gasteiger partial charge on any atom is -0.343 e. The number of fused-ring (bicyclic) bond motifs is 1. The van der Waals surface area contributed by atoms with Gasteiger partial charge in [0.2, 0.25) is 15.9 Å². The third-order valence-corrected chi connectivity index (χ3v) is 6.73. The van der Waals surface area contributed by atoms with Crippen molar-refractivity contribution in [3.63, 3.8) is 0 Å². The predicted octanol–water partition coefficient (Wildman–Crippen LogP) is 1.86. The topological polar surface area (TPSA) is 75.5 Å². The molecule has 1 aliphatic heterocycles. The fourth-order valence-electron chi connectivity index (χ4n) is 3.42. The Morgan fingerprint density at radius 1 is 1.23 bits per heavy atom. The monoisotopic (exact) mass is 378 g/mol. The number of aromatic nitrogens is 2. The number of amides is 1. The lowest BCUT2D eigenvalue weighted by Gasteiger charge is -2.15. The van der Waals surface area contributed by atoms with Crippen LogP contribution in [0, 0.1) is 0 Å². The van der Waals surface area contributed by atoms with E-state index in [4.69, 9.17) is 0 Å². The van der Waals surface area contributed by atoms with E-state index in [1.807, 2.05) is 11.8 Å². The molecule has 0 saturated carbocycles. The van der Waals surface area contributed by atoms with Crippen molar-refractivity contribution < 1.29 is 13.2 Å². The van der Waals surface area contributed by atoms with Crippen molar-refractivity contribution in [3.8, 4) is 0 Å². The second kappa shape index (κ2) is 7.36. The molecule has 0 unspecified atom stereocenters. The summed E-state index contributed by atoms with van der Waals surface area (Å²) in [5, 5.41) is 0. The van der Waals surface area contributed by atoms with E-state index < -0.39 is 10.0 Å². The SMILES string of the molecule is CCn1c(CCC(=O)N2CCCC2)nc2cc(S(=O)(=O)N(C)C)ccc21. The number of nitrogens with zero attached hydrogens (tertiary/aromatic N) is 4. The molecule has 142 valence electrons. The third-order valence-electron chi connectivity index (χ3n) is 4.91. The first kappa shape index (κ1) is 18.8. The summed E-state index contributed by atoms with van der Waals surface area (Å²) in [6, 6.07) is 5.03. The fourth-order valence-corrected chi connectivity index (χ4v) is 4.34. The Balaban J connectivity index is 1.87. The number of benzene rings is 1. The van der Waals surface area contributed by atoms with Crippen LogP contribution in [-0.4, -0.2) is 60.3 Å². The maximum absolute atomic E-state index is 12.3. The van der Waals surface area contributed by atoms with E-state index in [9.17, 15) is 13.2 Å². The minimum absolute atomic E-state index is 0.174. The first-order valence-corrected chi connectivity index (χ1v) is 10.5. The maximum Gasteiger partial charge on any atom is 0.242 e. The molecule has 0 bridgehead atoms. The van der Waals surface area contributed by atoms with Gasteiger partial charge in [0.15, 0.2) is 0 Å². The van der Waals surface area contributed by atoms with Gasteiger partial charge in [0.25, 0.3) is 0 Å². The summed E-state index contributed by atoms with van der Waals surface area (Å²) in [5.41, 5.74) is 1.55. The number of imidazole rings is 1. The molecule has 1 saturated heterocycles. The van der Waals surface area contributed by atoms with Gasteiger partial charge in [-0.15, -0.1) is 0 Å². The Bertz CT molecular complexity index is 912. The molecule has 1 amide bonds. The third kappa shape index (κ3) is 3.48. The minimum atomic E-state index is -3.49. The second-order valence-corrected chi connectivity index (χ2v) is 8.95. The number of rotatable bonds is 6. The molecular formula is C18H26N4O3S. The number of carbonyl (C=O) groups is 1. The van der Waals surface area contributed by atoms with E-state index in [2.05, 4.69) is 9.55 Å². The van der Waals surface area contributed by atoms with Crippen molar-refractivity contribution in [2.24, 2.45) is 0 Å². The second-order valence-electron chi connectivity index (χ2n) is 6.80. The van der Waals surface area contributed by atoms with Gasteiger partial charge in [-0.05, 0) is 38.0 Å². The molecule has 8 heteroatoms. The molecule has 0 N–H and O–H groups in total. The highest BCUT2D eigenvalue weighted by Gasteiger charge is 2.21. The fraction of sp³-hybridized carbons (Fsp3) is 0.556. The first-order valence-electron chi connectivity index (χ1n) is 9.04. The predicted molar refractivity (Wildman–Crippen MR) is 100 cm³/mol. The van der Waals surface area contributed by atoms with Crippen LogP contribution in [0.4, 0.5) is 0 Å². The van der Waals surface area contributed by atoms with Crippen molar-refractivity contribution in [2.45, 2.75) is 44.0 Å². The Morgan fingerprint density at radius 3 is 2.54 bits per heavy atom. The standard InChI is InChI=1S/C18H26N4O3S/c1-4-22-16-8-7-14(26(24,25)20(2)3)13-15(16)19-17(22)9-10-18(23)21-11-5-6-12-21/h7-8,13H,4-6,9-12H2,1-3H3. The number of hydrogen-bond donors (Lipinski definition) is 0. The van der Waals surface area contributed by atoms with Crippen molar-refractivity contribution in [3.05, 3.63) is 24.0 Å². The van der Waals surface area contributed by atoms with Crippen LogP contribution in [0.2, 0.25) is 0 Å². The summed E-state index contributed by atoms with van der Waals surface area (Å²) in [5.74, 6) is 1.00. The molecular weight excluding hydrogens is 352 g/mol. The molecule has 1 aromatic carbocycles. The average Bonchev–Trinajstić information content (AvgIpc) is 3.26. The van der Waals surface area contributed by atoms with Gasteiger partial charge in [0.1, 0.15) is 5.82 Å². The van der Waals surface area contributed by atoms with Crippen LogP contribution >= 0.6 is 0 Å². The first-order chi connectivity index (χ1) is 12.3. The molecule has 1 aliphatic rings. The van der Waals surface area contributed by atoms with Gasteiger partial charge in [-0.25, -0.2) is 17.7 Å². The lowest BCUT2D eigenvalue weighted by molar-refractivity contribution is -0.130. The Labute approximate surface area is 154 Å². The van der Waals surface area contributed by atoms with Gasteiger partial charge in [-0.2, -0.15) is 0 Å². The molecule has 1 aromatic heterocycles. The highest BCUT2D eigenvalue weighted by atomic mass is 32.2. The Hall–Kier alpha value is -1.93. The summed E-state index contributed by atoms with van der Waals surface area (Å²) >= 11 is 0. The van der Waals surface area contributed by atoms with Crippen LogP contribution in [0.5, 0.6) is 0 Å². The summed E-state index contributed by atoms with van der Waals surface area (Å²) in [4.78, 5) is 19.1. The zero-order chi connectivity index (χ0) is 18.9. The zero-order valence-corrected chi connectivity index (χ0v) is 16.4. The van der Waals surface area contributed by atoms with E-state index in [-0.39, 0.29) is 10.8 Å². The van der Waals surface area contributed by atoms with Gasteiger partial charge < -0.3 is 9.47 Å². The van der Waals surface area contributed by atoms with Crippen molar-refractivity contribution >= 4 is 27.0 Å². The Kier molecular flexibility index (Phi) is 5.34. The van der Waals surface area contributed by atoms with Gasteiger partial charge in [0.05, 0.1) is 15.9 Å². The number of carbonyl (C=O) groups excluding carboxylic acids is 1. The summed E-state index contributed by atoms with van der Waals surface area (Å²) in [7, 11) is -0.465. The zero-order valence-electron chi connectivity index (χ0n) is 15.6. The van der Waals surface area contributed by atoms with Crippen LogP contribution < -0.4 is 0 Å².